The molecule has 0 aromatic heterocycles. The fourth-order valence-electron chi connectivity index (χ4n) is 2.25. The molecule has 3 aromatic carbocycles. The molecule has 0 fully saturated rings. The van der Waals surface area contributed by atoms with Gasteiger partial charge in [-0.05, 0) is 30.3 Å². The molecule has 0 amide bonds. The highest BCUT2D eigenvalue weighted by Crippen LogP contribution is 2.39. The van der Waals surface area contributed by atoms with Gasteiger partial charge in [0.2, 0.25) is 0 Å². The Labute approximate surface area is 151 Å². The van der Waals surface area contributed by atoms with E-state index in [9.17, 15) is 8.78 Å². The zero-order valence-electron chi connectivity index (χ0n) is 13.0. The van der Waals surface area contributed by atoms with Crippen molar-refractivity contribution in [3.8, 4) is 5.75 Å². The lowest BCUT2D eigenvalue weighted by atomic mass is 10.2. The molecule has 2 nitrogen and oxygen atoms in total. The van der Waals surface area contributed by atoms with Crippen LogP contribution < -0.4 is 9.84 Å². The largest absolute Gasteiger partial charge is 0.475 e. The molecule has 128 valence electrons. The van der Waals surface area contributed by atoms with E-state index in [0.29, 0.717) is 5.75 Å². The maximum atomic E-state index is 14.3. The molecule has 0 aliphatic heterocycles. The van der Waals surface area contributed by atoms with Gasteiger partial charge < -0.3 is 9.84 Å². The summed E-state index contributed by atoms with van der Waals surface area (Å²) in [5.41, 5.74) is 1.06. The van der Waals surface area contributed by atoms with Gasteiger partial charge in [0, 0.05) is 17.3 Å². The average molecular weight is 378 g/mol. The minimum Gasteiger partial charge on any atom is -0.475 e. The summed E-state index contributed by atoms with van der Waals surface area (Å²) >= 11 is 5.84. The molecule has 2 unspecified atom stereocenters. The highest BCUT2D eigenvalue weighted by Gasteiger charge is 2.20. The van der Waals surface area contributed by atoms with E-state index < -0.39 is 17.4 Å². The predicted octanol–water partition coefficient (Wildman–Crippen LogP) is 6.40. The molecule has 0 heterocycles. The first-order chi connectivity index (χ1) is 12.1. The first-order valence-electron chi connectivity index (χ1n) is 7.57. The van der Waals surface area contributed by atoms with E-state index in [-0.39, 0.29) is 19.4 Å². The third-order valence-electron chi connectivity index (χ3n) is 3.47. The smallest absolute Gasteiger partial charge is 0.144 e. The molecule has 0 bridgehead atoms. The summed E-state index contributed by atoms with van der Waals surface area (Å²) in [5, 5.41) is 3.10. The van der Waals surface area contributed by atoms with Gasteiger partial charge in [-0.2, -0.15) is 0 Å². The fraction of sp³-hybridized carbons (Fsp3) is 0.0526. The van der Waals surface area contributed by atoms with E-state index in [0.717, 1.165) is 11.8 Å². The topological polar surface area (TPSA) is 21.3 Å². The van der Waals surface area contributed by atoms with Crippen LogP contribution >= 0.6 is 20.4 Å². The van der Waals surface area contributed by atoms with Crippen molar-refractivity contribution < 1.29 is 13.3 Å². The highest BCUT2D eigenvalue weighted by atomic mass is 35.5. The summed E-state index contributed by atoms with van der Waals surface area (Å²) in [6.07, 6.45) is 0. The van der Waals surface area contributed by atoms with Crippen LogP contribution in [-0.2, 0) is 0 Å². The molecule has 0 aliphatic carbocycles. The normalized spacial score (nSPS) is 12.3. The van der Waals surface area contributed by atoms with Gasteiger partial charge in [-0.15, -0.1) is 0 Å². The third-order valence-corrected chi connectivity index (χ3v) is 4.81. The number of para-hydroxylation sites is 2. The molecule has 0 saturated carbocycles. The predicted molar refractivity (Wildman–Crippen MR) is 99.6 cm³/mol. The highest BCUT2D eigenvalue weighted by molar-refractivity contribution is 7.33. The van der Waals surface area contributed by atoms with Gasteiger partial charge in [0.1, 0.15) is 32.0 Å². The molecule has 3 aromatic rings. The maximum absolute atomic E-state index is 14.3. The van der Waals surface area contributed by atoms with E-state index in [4.69, 9.17) is 16.1 Å². The van der Waals surface area contributed by atoms with Crippen molar-refractivity contribution in [3.63, 3.8) is 0 Å². The second kappa shape index (κ2) is 8.28. The molecule has 25 heavy (non-hydrogen) atoms. The van der Waals surface area contributed by atoms with Crippen molar-refractivity contribution in [1.82, 2.24) is 0 Å². The Morgan fingerprint density at radius 1 is 0.880 bits per heavy atom. The molecule has 0 spiro atoms. The van der Waals surface area contributed by atoms with Crippen molar-refractivity contribution >= 4 is 26.1 Å². The summed E-state index contributed by atoms with van der Waals surface area (Å²) in [5.74, 6) is -1.29. The summed E-state index contributed by atoms with van der Waals surface area (Å²) < 4.78 is 33.6. The van der Waals surface area contributed by atoms with E-state index in [1.165, 1.54) is 6.07 Å². The maximum Gasteiger partial charge on any atom is 0.144 e. The van der Waals surface area contributed by atoms with Crippen LogP contribution in [0.5, 0.6) is 5.75 Å². The zero-order valence-corrected chi connectivity index (χ0v) is 14.8. The van der Waals surface area contributed by atoms with Crippen LogP contribution in [-0.4, -0.2) is 0 Å². The SMILES string of the molecule is Fc1cc(F)c(C(Nc2ccccc2)POc2ccccc2)cc1Cl. The van der Waals surface area contributed by atoms with Crippen LogP contribution in [0.2, 0.25) is 5.02 Å². The number of hydrogen-bond donors (Lipinski definition) is 1. The van der Waals surface area contributed by atoms with E-state index >= 15 is 0 Å². The van der Waals surface area contributed by atoms with Gasteiger partial charge in [0.25, 0.3) is 0 Å². The van der Waals surface area contributed by atoms with Crippen LogP contribution in [0, 0.1) is 11.6 Å². The third kappa shape index (κ3) is 4.68. The molecular formula is C19H15ClF2NOP. The molecule has 2 atom stereocenters. The Kier molecular flexibility index (Phi) is 5.85. The fourth-order valence-corrected chi connectivity index (χ4v) is 3.38. The number of rotatable bonds is 6. The van der Waals surface area contributed by atoms with Gasteiger partial charge in [0.15, 0.2) is 0 Å². The van der Waals surface area contributed by atoms with Gasteiger partial charge >= 0.3 is 0 Å². The number of anilines is 1. The standard InChI is InChI=1S/C19H15ClF2NOP/c20-16-11-15(17(21)12-18(16)22)19(23-13-7-3-1-4-8-13)25-24-14-9-5-2-6-10-14/h1-12,19,23,25H. The lowest BCUT2D eigenvalue weighted by molar-refractivity contribution is 0.568. The van der Waals surface area contributed by atoms with Crippen LogP contribution in [0.15, 0.2) is 72.8 Å². The monoisotopic (exact) mass is 377 g/mol. The lowest BCUT2D eigenvalue weighted by Crippen LogP contribution is -2.09. The number of halogens is 3. The summed E-state index contributed by atoms with van der Waals surface area (Å²) in [7, 11) is -0.139. The van der Waals surface area contributed by atoms with Gasteiger partial charge in [-0.25, -0.2) is 8.78 Å². The lowest BCUT2D eigenvalue weighted by Gasteiger charge is -2.21. The number of hydrogen-bond acceptors (Lipinski definition) is 2. The Balaban J connectivity index is 1.87. The minimum absolute atomic E-state index is 0.124. The van der Waals surface area contributed by atoms with Crippen LogP contribution in [0.1, 0.15) is 11.3 Å². The Morgan fingerprint density at radius 3 is 2.20 bits per heavy atom. The molecule has 0 aliphatic rings. The molecule has 6 heteroatoms. The van der Waals surface area contributed by atoms with Crippen LogP contribution in [0.3, 0.4) is 0 Å². The van der Waals surface area contributed by atoms with E-state index in [2.05, 4.69) is 5.32 Å². The zero-order chi connectivity index (χ0) is 17.6. The summed E-state index contributed by atoms with van der Waals surface area (Å²) in [4.78, 5) is 0. The first-order valence-corrected chi connectivity index (χ1v) is 8.93. The second-order valence-electron chi connectivity index (χ2n) is 5.26. The Morgan fingerprint density at radius 2 is 1.52 bits per heavy atom. The van der Waals surface area contributed by atoms with Gasteiger partial charge in [-0.1, -0.05) is 48.0 Å². The Hall–Kier alpha value is -2.16. The van der Waals surface area contributed by atoms with E-state index in [1.54, 1.807) is 0 Å². The summed E-state index contributed by atoms with van der Waals surface area (Å²) in [6, 6.07) is 20.7. The van der Waals surface area contributed by atoms with Crippen molar-refractivity contribution in [2.24, 2.45) is 0 Å². The summed E-state index contributed by atoms with van der Waals surface area (Å²) in [6.45, 7) is 0. The van der Waals surface area contributed by atoms with Crippen molar-refractivity contribution in [2.75, 3.05) is 5.32 Å². The molecule has 3 rings (SSSR count). The molecule has 1 N–H and O–H groups in total. The van der Waals surface area contributed by atoms with Gasteiger partial charge in [0.05, 0.1) is 5.02 Å². The molecule has 0 radical (unpaired) electrons. The number of nitrogens with one attached hydrogen (secondary N) is 1. The second-order valence-corrected chi connectivity index (χ2v) is 6.69. The minimum atomic E-state index is -0.784. The Bertz CT molecular complexity index is 834. The van der Waals surface area contributed by atoms with Crippen molar-refractivity contribution in [2.45, 2.75) is 5.78 Å². The molecule has 0 saturated heterocycles. The van der Waals surface area contributed by atoms with Crippen molar-refractivity contribution in [1.29, 1.82) is 0 Å². The number of benzene rings is 3. The van der Waals surface area contributed by atoms with Crippen LogP contribution in [0.25, 0.3) is 0 Å². The van der Waals surface area contributed by atoms with E-state index in [1.807, 2.05) is 60.7 Å². The van der Waals surface area contributed by atoms with Crippen LogP contribution in [0.4, 0.5) is 14.5 Å². The average Bonchev–Trinajstić information content (AvgIpc) is 2.63. The first kappa shape index (κ1) is 17.7. The molecular weight excluding hydrogens is 363 g/mol. The van der Waals surface area contributed by atoms with Crippen molar-refractivity contribution in [3.05, 3.63) is 95.0 Å². The quantitative estimate of drug-likeness (QED) is 0.396. The van der Waals surface area contributed by atoms with Gasteiger partial charge in [-0.3, -0.25) is 0 Å².